The molecule has 1 heterocycles. The van der Waals surface area contributed by atoms with Crippen LogP contribution in [0.5, 0.6) is 0 Å². The van der Waals surface area contributed by atoms with Gasteiger partial charge in [0.15, 0.2) is 0 Å². The number of nitrogens with one attached hydrogen (secondary N) is 1. The van der Waals surface area contributed by atoms with Crippen LogP contribution in [0.25, 0.3) is 0 Å². The number of hydrogen-bond acceptors (Lipinski definition) is 4. The summed E-state index contributed by atoms with van der Waals surface area (Å²) in [6.45, 7) is 1.03. The number of amides is 1. The number of ether oxygens (including phenoxy) is 1. The summed E-state index contributed by atoms with van der Waals surface area (Å²) < 4.78 is 5.26. The van der Waals surface area contributed by atoms with Crippen molar-refractivity contribution in [3.8, 4) is 0 Å². The Labute approximate surface area is 131 Å². The van der Waals surface area contributed by atoms with E-state index < -0.39 is 16.4 Å². The monoisotopic (exact) mass is 332 g/mol. The molecule has 0 spiro atoms. The quantitative estimate of drug-likeness (QED) is 0.522. The molecule has 2 rings (SSSR count). The zero-order valence-electron chi connectivity index (χ0n) is 11.1. The van der Waals surface area contributed by atoms with Gasteiger partial charge >= 0.3 is 0 Å². The number of carbonyl (C=O) groups excluding carboxylic acids is 1. The van der Waals surface area contributed by atoms with Gasteiger partial charge in [0, 0.05) is 41.8 Å². The van der Waals surface area contributed by atoms with Crippen molar-refractivity contribution >= 4 is 34.8 Å². The molecule has 0 unspecified atom stereocenters. The lowest BCUT2D eigenvalue weighted by atomic mass is 9.92. The van der Waals surface area contributed by atoms with E-state index in [1.165, 1.54) is 18.2 Å². The van der Waals surface area contributed by atoms with Gasteiger partial charge in [-0.1, -0.05) is 11.6 Å². The van der Waals surface area contributed by atoms with Crippen molar-refractivity contribution in [1.29, 1.82) is 0 Å². The highest BCUT2D eigenvalue weighted by molar-refractivity contribution is 6.31. The van der Waals surface area contributed by atoms with Crippen molar-refractivity contribution < 1.29 is 14.5 Å². The van der Waals surface area contributed by atoms with Gasteiger partial charge in [0.05, 0.1) is 10.5 Å². The van der Waals surface area contributed by atoms with E-state index in [1.807, 2.05) is 0 Å². The van der Waals surface area contributed by atoms with Crippen LogP contribution in [0.3, 0.4) is 0 Å². The average molecular weight is 333 g/mol. The predicted molar refractivity (Wildman–Crippen MR) is 79.1 cm³/mol. The molecular formula is C13H14Cl2N2O4. The van der Waals surface area contributed by atoms with Crippen molar-refractivity contribution in [3.05, 3.63) is 38.9 Å². The molecule has 0 atom stereocenters. The third kappa shape index (κ3) is 3.84. The summed E-state index contributed by atoms with van der Waals surface area (Å²) in [6.07, 6.45) is 1.20. The number of hydrogen-bond donors (Lipinski definition) is 1. The van der Waals surface area contributed by atoms with Crippen LogP contribution in [0.2, 0.25) is 5.02 Å². The second-order valence-electron chi connectivity index (χ2n) is 4.94. The minimum absolute atomic E-state index is 0.140. The Balaban J connectivity index is 2.21. The Morgan fingerprint density at radius 3 is 2.62 bits per heavy atom. The standard InChI is InChI=1S/C13H14Cl2N2O4/c14-8-13(1-3-21-4-2-13)16-12(18)9-5-10(15)7-11(6-9)17(19)20/h5-7H,1-4,8H2,(H,16,18). The van der Waals surface area contributed by atoms with Crippen molar-refractivity contribution in [2.75, 3.05) is 19.1 Å². The molecule has 0 aliphatic carbocycles. The van der Waals surface area contributed by atoms with Gasteiger partial charge < -0.3 is 10.1 Å². The lowest BCUT2D eigenvalue weighted by molar-refractivity contribution is -0.384. The molecule has 0 aromatic heterocycles. The minimum atomic E-state index is -0.589. The number of alkyl halides is 1. The summed E-state index contributed by atoms with van der Waals surface area (Å²) in [4.78, 5) is 22.5. The van der Waals surface area contributed by atoms with Gasteiger partial charge in [-0.2, -0.15) is 0 Å². The third-order valence-corrected chi connectivity index (χ3v) is 4.17. The van der Waals surface area contributed by atoms with Gasteiger partial charge in [-0.3, -0.25) is 14.9 Å². The first-order valence-electron chi connectivity index (χ1n) is 6.37. The van der Waals surface area contributed by atoms with Crippen LogP contribution in [0.15, 0.2) is 18.2 Å². The molecule has 114 valence electrons. The highest BCUT2D eigenvalue weighted by Crippen LogP contribution is 2.25. The zero-order valence-corrected chi connectivity index (χ0v) is 12.6. The van der Waals surface area contributed by atoms with Crippen molar-refractivity contribution in [2.45, 2.75) is 18.4 Å². The van der Waals surface area contributed by atoms with E-state index in [0.717, 1.165) is 0 Å². The van der Waals surface area contributed by atoms with Gasteiger partial charge in [-0.05, 0) is 18.9 Å². The fraction of sp³-hybridized carbons (Fsp3) is 0.462. The highest BCUT2D eigenvalue weighted by Gasteiger charge is 2.33. The lowest BCUT2D eigenvalue weighted by Crippen LogP contribution is -2.53. The number of benzene rings is 1. The molecule has 0 bridgehead atoms. The minimum Gasteiger partial charge on any atom is -0.381 e. The molecular weight excluding hydrogens is 319 g/mol. The van der Waals surface area contributed by atoms with E-state index in [9.17, 15) is 14.9 Å². The first-order valence-corrected chi connectivity index (χ1v) is 7.28. The van der Waals surface area contributed by atoms with Crippen LogP contribution >= 0.6 is 23.2 Å². The molecule has 6 nitrogen and oxygen atoms in total. The predicted octanol–water partition coefficient (Wildman–Crippen LogP) is 2.77. The average Bonchev–Trinajstić information content (AvgIpc) is 2.47. The first-order chi connectivity index (χ1) is 9.96. The topological polar surface area (TPSA) is 81.5 Å². The van der Waals surface area contributed by atoms with Gasteiger partial charge in [0.2, 0.25) is 0 Å². The molecule has 1 N–H and O–H groups in total. The molecule has 0 radical (unpaired) electrons. The normalized spacial score (nSPS) is 17.2. The second-order valence-corrected chi connectivity index (χ2v) is 5.64. The summed E-state index contributed by atoms with van der Waals surface area (Å²) in [6, 6.07) is 3.79. The SMILES string of the molecule is O=C(NC1(CCl)CCOCC1)c1cc(Cl)cc([N+](=O)[O-])c1. The maximum absolute atomic E-state index is 12.3. The van der Waals surface area contributed by atoms with Crippen LogP contribution < -0.4 is 5.32 Å². The number of carbonyl (C=O) groups is 1. The van der Waals surface area contributed by atoms with E-state index in [1.54, 1.807) is 0 Å². The van der Waals surface area contributed by atoms with Crippen LogP contribution in [-0.2, 0) is 4.74 Å². The first kappa shape index (κ1) is 16.0. The Bertz CT molecular complexity index is 559. The largest absolute Gasteiger partial charge is 0.381 e. The summed E-state index contributed by atoms with van der Waals surface area (Å²) >= 11 is 11.8. The summed E-state index contributed by atoms with van der Waals surface area (Å²) in [5.74, 6) is -0.173. The number of nitro benzene ring substituents is 1. The Hall–Kier alpha value is -1.37. The van der Waals surface area contributed by atoms with Gasteiger partial charge in [-0.25, -0.2) is 0 Å². The molecule has 0 saturated carbocycles. The van der Waals surface area contributed by atoms with E-state index >= 15 is 0 Å². The molecule has 8 heteroatoms. The number of nitrogens with zero attached hydrogens (tertiary/aromatic N) is 1. The van der Waals surface area contributed by atoms with E-state index in [-0.39, 0.29) is 22.2 Å². The van der Waals surface area contributed by atoms with E-state index in [4.69, 9.17) is 27.9 Å². The summed E-state index contributed by atoms with van der Waals surface area (Å²) in [5, 5.41) is 13.8. The van der Waals surface area contributed by atoms with Crippen LogP contribution in [-0.4, -0.2) is 35.5 Å². The molecule has 1 amide bonds. The number of halogens is 2. The lowest BCUT2D eigenvalue weighted by Gasteiger charge is -2.36. The third-order valence-electron chi connectivity index (χ3n) is 3.44. The zero-order chi connectivity index (χ0) is 15.5. The van der Waals surface area contributed by atoms with Crippen LogP contribution in [0.1, 0.15) is 23.2 Å². The fourth-order valence-electron chi connectivity index (χ4n) is 2.18. The fourth-order valence-corrected chi connectivity index (χ4v) is 2.74. The van der Waals surface area contributed by atoms with Gasteiger partial charge in [0.25, 0.3) is 11.6 Å². The van der Waals surface area contributed by atoms with Crippen LogP contribution in [0.4, 0.5) is 5.69 Å². The summed E-state index contributed by atoms with van der Waals surface area (Å²) in [5.41, 5.74) is -0.627. The summed E-state index contributed by atoms with van der Waals surface area (Å²) in [7, 11) is 0. The number of rotatable bonds is 4. The Morgan fingerprint density at radius 1 is 1.38 bits per heavy atom. The van der Waals surface area contributed by atoms with E-state index in [0.29, 0.717) is 26.1 Å². The maximum Gasteiger partial charge on any atom is 0.271 e. The van der Waals surface area contributed by atoms with E-state index in [2.05, 4.69) is 5.32 Å². The molecule has 1 fully saturated rings. The smallest absolute Gasteiger partial charge is 0.271 e. The molecule has 1 aromatic rings. The Morgan fingerprint density at radius 2 is 2.05 bits per heavy atom. The highest BCUT2D eigenvalue weighted by atomic mass is 35.5. The molecule has 1 aromatic carbocycles. The van der Waals surface area contributed by atoms with Gasteiger partial charge in [0.1, 0.15) is 0 Å². The van der Waals surface area contributed by atoms with Crippen molar-refractivity contribution in [3.63, 3.8) is 0 Å². The number of nitro groups is 1. The molecule has 1 aliphatic heterocycles. The maximum atomic E-state index is 12.3. The molecule has 1 saturated heterocycles. The molecule has 21 heavy (non-hydrogen) atoms. The van der Waals surface area contributed by atoms with Crippen LogP contribution in [0, 0.1) is 10.1 Å². The molecule has 1 aliphatic rings. The van der Waals surface area contributed by atoms with Crippen molar-refractivity contribution in [2.24, 2.45) is 0 Å². The Kier molecular flexibility index (Phi) is 5.03. The van der Waals surface area contributed by atoms with Gasteiger partial charge in [-0.15, -0.1) is 11.6 Å². The number of non-ortho nitro benzene ring substituents is 1. The second kappa shape index (κ2) is 6.60. The van der Waals surface area contributed by atoms with Crippen molar-refractivity contribution in [1.82, 2.24) is 5.32 Å².